The lowest BCUT2D eigenvalue weighted by atomic mass is 10.3. The van der Waals surface area contributed by atoms with Gasteiger partial charge in [-0.3, -0.25) is 4.79 Å². The lowest BCUT2D eigenvalue weighted by Crippen LogP contribution is -2.14. The van der Waals surface area contributed by atoms with Crippen molar-refractivity contribution >= 4 is 46.3 Å². The Balaban J connectivity index is 1.71. The van der Waals surface area contributed by atoms with Crippen molar-refractivity contribution in [2.24, 2.45) is 0 Å². The lowest BCUT2D eigenvalue weighted by Gasteiger charge is -2.09. The van der Waals surface area contributed by atoms with E-state index in [1.165, 1.54) is 0 Å². The van der Waals surface area contributed by atoms with Crippen molar-refractivity contribution in [3.8, 4) is 5.75 Å². The van der Waals surface area contributed by atoms with Gasteiger partial charge in [0.05, 0.1) is 22.8 Å². The van der Waals surface area contributed by atoms with E-state index in [0.717, 1.165) is 0 Å². The summed E-state index contributed by atoms with van der Waals surface area (Å²) in [5, 5.41) is 14.6. The van der Waals surface area contributed by atoms with Crippen LogP contribution < -0.4 is 15.4 Å². The number of nitrogens with one attached hydrogen (secondary N) is 2. The number of hydrogen-bond acceptors (Lipinski definition) is 5. The molecule has 0 fully saturated rings. The Morgan fingerprint density at radius 2 is 1.73 bits per heavy atom. The predicted molar refractivity (Wildman–Crippen MR) is 103 cm³/mol. The van der Waals surface area contributed by atoms with Crippen molar-refractivity contribution < 1.29 is 9.53 Å². The summed E-state index contributed by atoms with van der Waals surface area (Å²) < 4.78 is 5.12. The number of anilines is 3. The number of benzene rings is 2. The molecular formula is C18H14Cl2N4O2. The van der Waals surface area contributed by atoms with Gasteiger partial charge in [-0.25, -0.2) is 0 Å². The molecule has 0 aliphatic rings. The number of carbonyl (C=O) groups excluding carboxylic acids is 1. The molecule has 0 spiro atoms. The average molecular weight is 389 g/mol. The Bertz CT molecular complexity index is 912. The molecule has 6 nitrogen and oxygen atoms in total. The maximum Gasteiger partial charge on any atom is 0.276 e. The Morgan fingerprint density at radius 3 is 2.38 bits per heavy atom. The van der Waals surface area contributed by atoms with Gasteiger partial charge in [0.25, 0.3) is 5.91 Å². The second kappa shape index (κ2) is 8.03. The molecule has 2 aromatic carbocycles. The highest BCUT2D eigenvalue weighted by molar-refractivity contribution is 6.39. The van der Waals surface area contributed by atoms with Gasteiger partial charge in [0.15, 0.2) is 11.5 Å². The summed E-state index contributed by atoms with van der Waals surface area (Å²) in [6.45, 7) is 0. The third-order valence-electron chi connectivity index (χ3n) is 3.44. The molecular weight excluding hydrogens is 375 g/mol. The number of nitrogens with zero attached hydrogens (tertiary/aromatic N) is 2. The standard InChI is InChI=1S/C18H14Cl2N4O2/c1-26-12-5-2-4-11(10-12)21-18(25)15-8-9-16(24-23-15)22-17-13(19)6-3-7-14(17)20/h2-10H,1H3,(H,21,25)(H,22,24). The van der Waals surface area contributed by atoms with Crippen LogP contribution in [0, 0.1) is 0 Å². The fourth-order valence-electron chi connectivity index (χ4n) is 2.16. The Labute approximate surface area is 160 Å². The number of ether oxygens (including phenoxy) is 1. The van der Waals surface area contributed by atoms with Crippen molar-refractivity contribution in [2.75, 3.05) is 17.7 Å². The van der Waals surface area contributed by atoms with Crippen LogP contribution in [0.1, 0.15) is 10.5 Å². The van der Waals surface area contributed by atoms with Crippen molar-refractivity contribution in [3.63, 3.8) is 0 Å². The van der Waals surface area contributed by atoms with E-state index in [9.17, 15) is 4.79 Å². The first-order valence-electron chi connectivity index (χ1n) is 7.57. The first-order valence-corrected chi connectivity index (χ1v) is 8.32. The van der Waals surface area contributed by atoms with Crippen LogP contribution in [0.5, 0.6) is 5.75 Å². The van der Waals surface area contributed by atoms with Gasteiger partial charge in [0.2, 0.25) is 0 Å². The minimum atomic E-state index is -0.381. The molecule has 132 valence electrons. The topological polar surface area (TPSA) is 76.1 Å². The molecule has 1 aromatic heterocycles. The fourth-order valence-corrected chi connectivity index (χ4v) is 2.65. The average Bonchev–Trinajstić information content (AvgIpc) is 2.65. The first kappa shape index (κ1) is 18.0. The maximum atomic E-state index is 12.3. The van der Waals surface area contributed by atoms with E-state index < -0.39 is 0 Å². The second-order valence-electron chi connectivity index (χ2n) is 5.21. The van der Waals surface area contributed by atoms with Crippen LogP contribution in [0.4, 0.5) is 17.2 Å². The van der Waals surface area contributed by atoms with Gasteiger partial charge in [-0.2, -0.15) is 0 Å². The molecule has 8 heteroatoms. The van der Waals surface area contributed by atoms with E-state index in [4.69, 9.17) is 27.9 Å². The zero-order valence-electron chi connectivity index (χ0n) is 13.7. The van der Waals surface area contributed by atoms with Gasteiger partial charge in [0.1, 0.15) is 5.75 Å². The number of amides is 1. The molecule has 2 N–H and O–H groups in total. The molecule has 3 rings (SSSR count). The number of rotatable bonds is 5. The SMILES string of the molecule is COc1cccc(NC(=O)c2ccc(Nc3c(Cl)cccc3Cl)nn2)c1. The van der Waals surface area contributed by atoms with Gasteiger partial charge in [-0.1, -0.05) is 35.3 Å². The maximum absolute atomic E-state index is 12.3. The van der Waals surface area contributed by atoms with Crippen molar-refractivity contribution in [2.45, 2.75) is 0 Å². The van der Waals surface area contributed by atoms with Crippen molar-refractivity contribution in [1.29, 1.82) is 0 Å². The lowest BCUT2D eigenvalue weighted by molar-refractivity contribution is 0.102. The van der Waals surface area contributed by atoms with E-state index in [1.807, 2.05) is 0 Å². The zero-order valence-corrected chi connectivity index (χ0v) is 15.2. The van der Waals surface area contributed by atoms with Crippen LogP contribution in [-0.4, -0.2) is 23.2 Å². The third kappa shape index (κ3) is 4.22. The monoisotopic (exact) mass is 388 g/mol. The van der Waals surface area contributed by atoms with E-state index >= 15 is 0 Å². The van der Waals surface area contributed by atoms with Gasteiger partial charge in [0, 0.05) is 11.8 Å². The van der Waals surface area contributed by atoms with Crippen LogP contribution in [0.15, 0.2) is 54.6 Å². The number of halogens is 2. The summed E-state index contributed by atoms with van der Waals surface area (Å²) in [6.07, 6.45) is 0. The Kier molecular flexibility index (Phi) is 5.55. The predicted octanol–water partition coefficient (Wildman–Crippen LogP) is 4.79. The number of carbonyl (C=O) groups is 1. The largest absolute Gasteiger partial charge is 0.497 e. The van der Waals surface area contributed by atoms with Gasteiger partial charge < -0.3 is 15.4 Å². The van der Waals surface area contributed by atoms with Crippen LogP contribution in [0.25, 0.3) is 0 Å². The molecule has 0 aliphatic carbocycles. The highest BCUT2D eigenvalue weighted by atomic mass is 35.5. The normalized spacial score (nSPS) is 10.3. The van der Waals surface area contributed by atoms with E-state index in [1.54, 1.807) is 61.7 Å². The Hall–Kier alpha value is -2.83. The molecule has 0 bridgehead atoms. The smallest absolute Gasteiger partial charge is 0.276 e. The fraction of sp³-hybridized carbons (Fsp3) is 0.0556. The third-order valence-corrected chi connectivity index (χ3v) is 4.07. The number of hydrogen-bond donors (Lipinski definition) is 2. The number of aromatic nitrogens is 2. The molecule has 0 radical (unpaired) electrons. The zero-order chi connectivity index (χ0) is 18.5. The van der Waals surface area contributed by atoms with Crippen molar-refractivity contribution in [3.05, 3.63) is 70.3 Å². The van der Waals surface area contributed by atoms with Crippen LogP contribution in [0.2, 0.25) is 10.0 Å². The summed E-state index contributed by atoms with van der Waals surface area (Å²) in [5.41, 5.74) is 1.29. The molecule has 0 saturated carbocycles. The molecule has 0 unspecified atom stereocenters. The molecule has 3 aromatic rings. The van der Waals surface area contributed by atoms with Crippen LogP contribution >= 0.6 is 23.2 Å². The van der Waals surface area contributed by atoms with E-state index in [0.29, 0.717) is 33.0 Å². The van der Waals surface area contributed by atoms with Gasteiger partial charge in [-0.05, 0) is 36.4 Å². The van der Waals surface area contributed by atoms with E-state index in [2.05, 4.69) is 20.8 Å². The number of para-hydroxylation sites is 1. The van der Waals surface area contributed by atoms with Crippen LogP contribution in [0.3, 0.4) is 0 Å². The first-order chi connectivity index (χ1) is 12.6. The van der Waals surface area contributed by atoms with Crippen LogP contribution in [-0.2, 0) is 0 Å². The molecule has 1 heterocycles. The van der Waals surface area contributed by atoms with Gasteiger partial charge in [-0.15, -0.1) is 10.2 Å². The molecule has 0 atom stereocenters. The Morgan fingerprint density at radius 1 is 1.00 bits per heavy atom. The highest BCUT2D eigenvalue weighted by Crippen LogP contribution is 2.31. The molecule has 0 saturated heterocycles. The second-order valence-corrected chi connectivity index (χ2v) is 6.03. The minimum Gasteiger partial charge on any atom is -0.497 e. The molecule has 0 aliphatic heterocycles. The summed E-state index contributed by atoms with van der Waals surface area (Å²) >= 11 is 12.2. The van der Waals surface area contributed by atoms with E-state index in [-0.39, 0.29) is 11.6 Å². The summed E-state index contributed by atoms with van der Waals surface area (Å²) in [4.78, 5) is 12.3. The van der Waals surface area contributed by atoms with Crippen molar-refractivity contribution in [1.82, 2.24) is 10.2 Å². The quantitative estimate of drug-likeness (QED) is 0.656. The minimum absolute atomic E-state index is 0.170. The number of methoxy groups -OCH3 is 1. The molecule has 1 amide bonds. The summed E-state index contributed by atoms with van der Waals surface area (Å²) in [7, 11) is 1.56. The highest BCUT2D eigenvalue weighted by Gasteiger charge is 2.11. The summed E-state index contributed by atoms with van der Waals surface area (Å²) in [5.74, 6) is 0.677. The van der Waals surface area contributed by atoms with Gasteiger partial charge >= 0.3 is 0 Å². The summed E-state index contributed by atoms with van der Waals surface area (Å²) in [6, 6.07) is 15.4. The molecule has 26 heavy (non-hydrogen) atoms.